The molecule has 0 aromatic rings. The van der Waals surface area contributed by atoms with Crippen LogP contribution in [0.1, 0.15) is 66.2 Å². The van der Waals surface area contributed by atoms with Crippen LogP contribution in [-0.2, 0) is 0 Å². The van der Waals surface area contributed by atoms with Crippen LogP contribution in [0.3, 0.4) is 0 Å². The monoisotopic (exact) mass is 229 g/mol. The highest BCUT2D eigenvalue weighted by molar-refractivity contribution is 4.78. The van der Waals surface area contributed by atoms with Gasteiger partial charge in [0.1, 0.15) is 0 Å². The van der Waals surface area contributed by atoms with Gasteiger partial charge in [0.2, 0.25) is 0 Å². The Morgan fingerprint density at radius 3 is 2.19 bits per heavy atom. The van der Waals surface area contributed by atoms with Crippen LogP contribution in [0.4, 0.5) is 0 Å². The molecule has 0 spiro atoms. The van der Waals surface area contributed by atoms with Gasteiger partial charge in [-0.2, -0.15) is 0 Å². The fraction of sp³-hybridized carbons (Fsp3) is 1.00. The van der Waals surface area contributed by atoms with Crippen molar-refractivity contribution in [2.45, 2.75) is 71.8 Å². The Morgan fingerprint density at radius 2 is 1.62 bits per heavy atom. The largest absolute Gasteiger partial charge is 0.389 e. The molecule has 1 unspecified atom stereocenters. The summed E-state index contributed by atoms with van der Waals surface area (Å²) in [5, 5.41) is 13.3. The maximum atomic E-state index is 10.0. The molecule has 1 atom stereocenters. The number of hydrogen-bond acceptors (Lipinski definition) is 2. The van der Waals surface area contributed by atoms with Crippen molar-refractivity contribution in [3.63, 3.8) is 0 Å². The molecule has 0 heterocycles. The van der Waals surface area contributed by atoms with Crippen molar-refractivity contribution in [1.82, 2.24) is 5.32 Å². The average Bonchev–Trinajstić information content (AvgIpc) is 2.21. The van der Waals surface area contributed by atoms with Gasteiger partial charge in [-0.05, 0) is 25.8 Å². The molecular formula is C14H31NO. The maximum absolute atomic E-state index is 10.0. The summed E-state index contributed by atoms with van der Waals surface area (Å²) in [6, 6.07) is 0. The highest BCUT2D eigenvalue weighted by Gasteiger charge is 2.23. The molecule has 98 valence electrons. The van der Waals surface area contributed by atoms with E-state index in [1.807, 2.05) is 6.92 Å². The van der Waals surface area contributed by atoms with Crippen LogP contribution < -0.4 is 5.32 Å². The zero-order valence-corrected chi connectivity index (χ0v) is 11.7. The summed E-state index contributed by atoms with van der Waals surface area (Å²) in [4.78, 5) is 0. The second-order valence-corrected chi connectivity index (χ2v) is 5.46. The number of rotatable bonds is 10. The Hall–Kier alpha value is -0.0800. The van der Waals surface area contributed by atoms with Crippen LogP contribution >= 0.6 is 0 Å². The van der Waals surface area contributed by atoms with E-state index in [-0.39, 0.29) is 0 Å². The van der Waals surface area contributed by atoms with E-state index in [0.717, 1.165) is 6.54 Å². The van der Waals surface area contributed by atoms with E-state index in [4.69, 9.17) is 0 Å². The summed E-state index contributed by atoms with van der Waals surface area (Å²) in [7, 11) is 0. The van der Waals surface area contributed by atoms with Gasteiger partial charge in [-0.1, -0.05) is 52.9 Å². The molecule has 0 aliphatic rings. The van der Waals surface area contributed by atoms with Crippen LogP contribution in [0.5, 0.6) is 0 Å². The van der Waals surface area contributed by atoms with E-state index < -0.39 is 5.60 Å². The standard InChI is InChI=1S/C14H31NO/c1-5-6-7-8-9-10-11-15-12-14(4,16)13(2)3/h13,15-16H,5-12H2,1-4H3. The summed E-state index contributed by atoms with van der Waals surface area (Å²) in [6.45, 7) is 10.0. The number of nitrogens with one attached hydrogen (secondary N) is 1. The third kappa shape index (κ3) is 8.12. The molecule has 0 aromatic carbocycles. The zero-order chi connectivity index (χ0) is 12.4. The zero-order valence-electron chi connectivity index (χ0n) is 11.7. The quantitative estimate of drug-likeness (QED) is 0.563. The van der Waals surface area contributed by atoms with E-state index in [1.54, 1.807) is 0 Å². The summed E-state index contributed by atoms with van der Waals surface area (Å²) in [5.74, 6) is 0.310. The van der Waals surface area contributed by atoms with Gasteiger partial charge in [-0.3, -0.25) is 0 Å². The molecule has 0 aromatic heterocycles. The number of aliphatic hydroxyl groups is 1. The molecule has 0 saturated heterocycles. The second kappa shape index (κ2) is 9.00. The van der Waals surface area contributed by atoms with Crippen molar-refractivity contribution in [1.29, 1.82) is 0 Å². The van der Waals surface area contributed by atoms with Crippen molar-refractivity contribution < 1.29 is 5.11 Å². The minimum absolute atomic E-state index is 0.310. The van der Waals surface area contributed by atoms with Crippen molar-refractivity contribution in [3.8, 4) is 0 Å². The van der Waals surface area contributed by atoms with Crippen LogP contribution in [0.15, 0.2) is 0 Å². The van der Waals surface area contributed by atoms with Gasteiger partial charge in [-0.15, -0.1) is 0 Å². The fourth-order valence-corrected chi connectivity index (χ4v) is 1.58. The van der Waals surface area contributed by atoms with Crippen molar-refractivity contribution in [3.05, 3.63) is 0 Å². The Kier molecular flexibility index (Phi) is 8.96. The first-order valence-corrected chi connectivity index (χ1v) is 6.93. The Labute approximate surface area is 102 Å². The predicted octanol–water partition coefficient (Wildman–Crippen LogP) is 3.34. The minimum atomic E-state index is -0.567. The number of hydrogen-bond donors (Lipinski definition) is 2. The summed E-state index contributed by atoms with van der Waals surface area (Å²) in [5.41, 5.74) is -0.567. The van der Waals surface area contributed by atoms with Gasteiger partial charge in [0.15, 0.2) is 0 Å². The van der Waals surface area contributed by atoms with Crippen molar-refractivity contribution >= 4 is 0 Å². The lowest BCUT2D eigenvalue weighted by atomic mass is 9.92. The van der Waals surface area contributed by atoms with E-state index in [9.17, 15) is 5.11 Å². The highest BCUT2D eigenvalue weighted by Crippen LogP contribution is 2.14. The molecule has 16 heavy (non-hydrogen) atoms. The first kappa shape index (κ1) is 15.9. The summed E-state index contributed by atoms with van der Waals surface area (Å²) < 4.78 is 0. The van der Waals surface area contributed by atoms with Gasteiger partial charge in [0, 0.05) is 6.54 Å². The van der Waals surface area contributed by atoms with Crippen LogP contribution in [0.25, 0.3) is 0 Å². The second-order valence-electron chi connectivity index (χ2n) is 5.46. The third-order valence-corrected chi connectivity index (χ3v) is 3.43. The normalized spacial score (nSPS) is 15.4. The lowest BCUT2D eigenvalue weighted by molar-refractivity contribution is 0.0143. The SMILES string of the molecule is CCCCCCCCNCC(C)(O)C(C)C. The van der Waals surface area contributed by atoms with Crippen LogP contribution in [0, 0.1) is 5.92 Å². The topological polar surface area (TPSA) is 32.3 Å². The molecule has 0 radical (unpaired) electrons. The van der Waals surface area contributed by atoms with Gasteiger partial charge >= 0.3 is 0 Å². The first-order chi connectivity index (χ1) is 7.50. The smallest absolute Gasteiger partial charge is 0.0766 e. The molecule has 0 aliphatic heterocycles. The van der Waals surface area contributed by atoms with E-state index in [0.29, 0.717) is 12.5 Å². The van der Waals surface area contributed by atoms with Gasteiger partial charge < -0.3 is 10.4 Å². The van der Waals surface area contributed by atoms with Crippen molar-refractivity contribution in [2.75, 3.05) is 13.1 Å². The molecule has 0 rings (SSSR count). The summed E-state index contributed by atoms with van der Waals surface area (Å²) >= 11 is 0. The highest BCUT2D eigenvalue weighted by atomic mass is 16.3. The molecule has 0 bridgehead atoms. The maximum Gasteiger partial charge on any atom is 0.0766 e. The lowest BCUT2D eigenvalue weighted by Gasteiger charge is -2.27. The predicted molar refractivity (Wildman–Crippen MR) is 71.7 cm³/mol. The average molecular weight is 229 g/mol. The van der Waals surface area contributed by atoms with Gasteiger partial charge in [0.25, 0.3) is 0 Å². The van der Waals surface area contributed by atoms with Gasteiger partial charge in [0.05, 0.1) is 5.60 Å². The molecule has 0 fully saturated rings. The van der Waals surface area contributed by atoms with E-state index in [2.05, 4.69) is 26.1 Å². The molecule has 0 amide bonds. The molecular weight excluding hydrogens is 198 g/mol. The molecule has 2 N–H and O–H groups in total. The fourth-order valence-electron chi connectivity index (χ4n) is 1.58. The lowest BCUT2D eigenvalue weighted by Crippen LogP contribution is -2.42. The van der Waals surface area contributed by atoms with Crippen LogP contribution in [0.2, 0.25) is 0 Å². The van der Waals surface area contributed by atoms with Crippen molar-refractivity contribution in [2.24, 2.45) is 5.92 Å². The molecule has 2 nitrogen and oxygen atoms in total. The first-order valence-electron chi connectivity index (χ1n) is 6.93. The molecule has 0 aliphatic carbocycles. The minimum Gasteiger partial charge on any atom is -0.389 e. The molecule has 2 heteroatoms. The van der Waals surface area contributed by atoms with E-state index >= 15 is 0 Å². The molecule has 0 saturated carbocycles. The Bertz CT molecular complexity index is 155. The number of unbranched alkanes of at least 4 members (excludes halogenated alkanes) is 5. The van der Waals surface area contributed by atoms with Crippen LogP contribution in [-0.4, -0.2) is 23.8 Å². The third-order valence-electron chi connectivity index (χ3n) is 3.43. The van der Waals surface area contributed by atoms with E-state index in [1.165, 1.54) is 38.5 Å². The Balaban J connectivity index is 3.27. The summed E-state index contributed by atoms with van der Waals surface area (Å²) in [6.07, 6.45) is 7.97. The Morgan fingerprint density at radius 1 is 1.06 bits per heavy atom. The van der Waals surface area contributed by atoms with Gasteiger partial charge in [-0.25, -0.2) is 0 Å².